The quantitative estimate of drug-likeness (QED) is 0.643. The van der Waals surface area contributed by atoms with Crippen LogP contribution in [0.15, 0.2) is 0 Å². The number of aromatic nitrogens is 2. The van der Waals surface area contributed by atoms with Crippen LogP contribution in [0.1, 0.15) is 18.4 Å². The van der Waals surface area contributed by atoms with Gasteiger partial charge < -0.3 is 10.6 Å². The van der Waals surface area contributed by atoms with Gasteiger partial charge in [0.05, 0.1) is 5.84 Å². The number of hydrogen-bond acceptors (Lipinski definition) is 5. The summed E-state index contributed by atoms with van der Waals surface area (Å²) in [5, 5.41) is 12.9. The molecule has 0 aromatic carbocycles. The minimum absolute atomic E-state index is 0.0232. The van der Waals surface area contributed by atoms with Gasteiger partial charge in [0.1, 0.15) is 0 Å². The van der Waals surface area contributed by atoms with E-state index < -0.39 is 11.2 Å². The first-order valence-corrected chi connectivity index (χ1v) is 5.50. The lowest BCUT2D eigenvalue weighted by Gasteiger charge is -2.22. The largest absolute Gasteiger partial charge is 0.445 e. The molecular weight excluding hydrogens is 255 g/mol. The molecule has 0 radical (unpaired) electrons. The normalized spacial score (nSPS) is 13.5. The smallest absolute Gasteiger partial charge is 0.388 e. The van der Waals surface area contributed by atoms with Crippen molar-refractivity contribution in [1.29, 1.82) is 5.41 Å². The van der Waals surface area contributed by atoms with E-state index in [1.807, 2.05) is 0 Å². The Morgan fingerprint density at radius 1 is 1.53 bits per heavy atom. The lowest BCUT2D eigenvalue weighted by atomic mass is 10.2. The van der Waals surface area contributed by atoms with Gasteiger partial charge in [-0.3, -0.25) is 5.41 Å². The number of alkyl halides is 3. The molecule has 0 fully saturated rings. The van der Waals surface area contributed by atoms with E-state index in [4.69, 9.17) is 11.1 Å². The lowest BCUT2D eigenvalue weighted by molar-refractivity contribution is -0.138. The average molecular weight is 267 g/mol. The molecule has 9 heteroatoms. The van der Waals surface area contributed by atoms with E-state index >= 15 is 0 Å². The predicted molar refractivity (Wildman–Crippen MR) is 59.3 cm³/mol. The SMILES string of the molecule is CC(CC(=N)N)N(C)c1nnc(C(F)(F)F)s1. The topological polar surface area (TPSA) is 78.9 Å². The second-order valence-corrected chi connectivity index (χ2v) is 4.53. The Morgan fingerprint density at radius 2 is 2.12 bits per heavy atom. The summed E-state index contributed by atoms with van der Waals surface area (Å²) < 4.78 is 36.9. The van der Waals surface area contributed by atoms with Crippen LogP contribution in [-0.4, -0.2) is 29.1 Å². The molecule has 3 N–H and O–H groups in total. The second-order valence-electron chi connectivity index (χ2n) is 3.58. The van der Waals surface area contributed by atoms with Crippen molar-refractivity contribution < 1.29 is 13.2 Å². The van der Waals surface area contributed by atoms with Crippen LogP contribution >= 0.6 is 11.3 Å². The van der Waals surface area contributed by atoms with Gasteiger partial charge >= 0.3 is 6.18 Å². The van der Waals surface area contributed by atoms with E-state index in [0.717, 1.165) is 0 Å². The summed E-state index contributed by atoms with van der Waals surface area (Å²) >= 11 is 0.471. The fraction of sp³-hybridized carbons (Fsp3) is 0.625. The molecule has 0 saturated heterocycles. The Bertz CT molecular complexity index is 402. The molecule has 0 saturated carbocycles. The summed E-state index contributed by atoms with van der Waals surface area (Å²) in [5.74, 6) is -0.0232. The zero-order valence-electron chi connectivity index (χ0n) is 9.25. The second kappa shape index (κ2) is 4.86. The lowest BCUT2D eigenvalue weighted by Crippen LogP contribution is -2.32. The molecule has 1 rings (SSSR count). The number of nitrogens with zero attached hydrogens (tertiary/aromatic N) is 3. The number of rotatable bonds is 4. The van der Waals surface area contributed by atoms with Crippen LogP contribution in [0.25, 0.3) is 0 Å². The molecule has 0 bridgehead atoms. The Morgan fingerprint density at radius 3 is 2.53 bits per heavy atom. The number of hydrogen-bond donors (Lipinski definition) is 2. The van der Waals surface area contributed by atoms with Crippen molar-refractivity contribution in [2.24, 2.45) is 5.73 Å². The van der Waals surface area contributed by atoms with Gasteiger partial charge in [-0.05, 0) is 6.92 Å². The van der Waals surface area contributed by atoms with Gasteiger partial charge in [0, 0.05) is 19.5 Å². The van der Waals surface area contributed by atoms with Crippen molar-refractivity contribution in [2.75, 3.05) is 11.9 Å². The Kier molecular flexibility index (Phi) is 3.91. The summed E-state index contributed by atoms with van der Waals surface area (Å²) in [6.07, 6.45) is -4.21. The van der Waals surface area contributed by atoms with Crippen LogP contribution < -0.4 is 10.6 Å². The monoisotopic (exact) mass is 267 g/mol. The Labute approximate surface area is 100.0 Å². The number of anilines is 1. The van der Waals surface area contributed by atoms with Crippen LogP contribution in [0.5, 0.6) is 0 Å². The summed E-state index contributed by atoms with van der Waals surface area (Å²) in [5.41, 5.74) is 5.23. The average Bonchev–Trinajstić information content (AvgIpc) is 2.63. The molecule has 1 heterocycles. The molecule has 0 amide bonds. The van der Waals surface area contributed by atoms with Gasteiger partial charge in [0.2, 0.25) is 10.1 Å². The first-order chi connectivity index (χ1) is 7.71. The molecule has 0 aliphatic rings. The predicted octanol–water partition coefficient (Wildman–Crippen LogP) is 1.71. The molecule has 1 atom stereocenters. The molecule has 0 aliphatic carbocycles. The van der Waals surface area contributed by atoms with E-state index in [1.165, 1.54) is 4.90 Å². The van der Waals surface area contributed by atoms with Gasteiger partial charge in [-0.1, -0.05) is 11.3 Å². The highest BCUT2D eigenvalue weighted by Crippen LogP contribution is 2.34. The number of amidine groups is 1. The maximum absolute atomic E-state index is 12.3. The highest BCUT2D eigenvalue weighted by Gasteiger charge is 2.36. The van der Waals surface area contributed by atoms with Gasteiger partial charge in [-0.2, -0.15) is 13.2 Å². The molecule has 5 nitrogen and oxygen atoms in total. The van der Waals surface area contributed by atoms with Crippen molar-refractivity contribution in [2.45, 2.75) is 25.6 Å². The number of nitrogens with one attached hydrogen (secondary N) is 1. The Hall–Kier alpha value is -1.38. The van der Waals surface area contributed by atoms with Crippen LogP contribution in [-0.2, 0) is 6.18 Å². The third-order valence-electron chi connectivity index (χ3n) is 2.14. The van der Waals surface area contributed by atoms with Crippen molar-refractivity contribution in [3.63, 3.8) is 0 Å². The molecule has 1 aromatic heterocycles. The summed E-state index contributed by atoms with van der Waals surface area (Å²) in [7, 11) is 1.59. The van der Waals surface area contributed by atoms with E-state index in [-0.39, 0.29) is 23.4 Å². The van der Waals surface area contributed by atoms with Gasteiger partial charge in [-0.25, -0.2) is 0 Å². The van der Waals surface area contributed by atoms with Crippen molar-refractivity contribution >= 4 is 22.3 Å². The highest BCUT2D eigenvalue weighted by molar-refractivity contribution is 7.15. The van der Waals surface area contributed by atoms with Gasteiger partial charge in [-0.15, -0.1) is 10.2 Å². The van der Waals surface area contributed by atoms with Crippen molar-refractivity contribution in [1.82, 2.24) is 10.2 Å². The van der Waals surface area contributed by atoms with E-state index in [0.29, 0.717) is 11.3 Å². The Balaban J connectivity index is 2.79. The number of nitrogens with two attached hydrogens (primary N) is 1. The van der Waals surface area contributed by atoms with Gasteiger partial charge in [0.15, 0.2) is 0 Å². The molecule has 0 aliphatic heterocycles. The zero-order chi connectivity index (χ0) is 13.2. The fourth-order valence-corrected chi connectivity index (χ4v) is 1.89. The molecule has 0 spiro atoms. The van der Waals surface area contributed by atoms with E-state index in [1.54, 1.807) is 14.0 Å². The third-order valence-corrected chi connectivity index (χ3v) is 3.19. The number of halogens is 3. The minimum Gasteiger partial charge on any atom is -0.388 e. The first-order valence-electron chi connectivity index (χ1n) is 4.68. The molecule has 1 aromatic rings. The van der Waals surface area contributed by atoms with Crippen LogP contribution in [0.3, 0.4) is 0 Å². The third kappa shape index (κ3) is 3.55. The maximum atomic E-state index is 12.3. The van der Waals surface area contributed by atoms with Crippen LogP contribution in [0, 0.1) is 5.41 Å². The summed E-state index contributed by atoms with van der Waals surface area (Å²) in [6.45, 7) is 1.75. The van der Waals surface area contributed by atoms with E-state index in [9.17, 15) is 13.2 Å². The molecule has 1 unspecified atom stereocenters. The highest BCUT2D eigenvalue weighted by atomic mass is 32.1. The maximum Gasteiger partial charge on any atom is 0.445 e. The minimum atomic E-state index is -4.47. The molecular formula is C8H12F3N5S. The fourth-order valence-electron chi connectivity index (χ4n) is 1.12. The zero-order valence-corrected chi connectivity index (χ0v) is 10.1. The first kappa shape index (κ1) is 13.7. The van der Waals surface area contributed by atoms with Crippen LogP contribution in [0.2, 0.25) is 0 Å². The summed E-state index contributed by atoms with van der Waals surface area (Å²) in [4.78, 5) is 1.52. The van der Waals surface area contributed by atoms with Crippen molar-refractivity contribution in [3.8, 4) is 0 Å². The summed E-state index contributed by atoms with van der Waals surface area (Å²) in [6, 6.07) is -0.207. The molecule has 17 heavy (non-hydrogen) atoms. The van der Waals surface area contributed by atoms with E-state index in [2.05, 4.69) is 10.2 Å². The molecule has 96 valence electrons. The van der Waals surface area contributed by atoms with Crippen molar-refractivity contribution in [3.05, 3.63) is 5.01 Å². The standard InChI is InChI=1S/C8H12F3N5S/c1-4(3-5(12)13)16(2)7-15-14-6(17-7)8(9,10)11/h4H,3H2,1-2H3,(H3,12,13). The van der Waals surface area contributed by atoms with Gasteiger partial charge in [0.25, 0.3) is 0 Å². The van der Waals surface area contributed by atoms with Crippen LogP contribution in [0.4, 0.5) is 18.3 Å².